The molecule has 0 radical (unpaired) electrons. The molecule has 78 valence electrons. The van der Waals surface area contributed by atoms with Gasteiger partial charge in [0, 0.05) is 5.33 Å². The van der Waals surface area contributed by atoms with E-state index >= 15 is 0 Å². The normalized spacial score (nSPS) is 18.1. The van der Waals surface area contributed by atoms with Crippen molar-refractivity contribution in [1.29, 1.82) is 0 Å². The molecule has 1 aliphatic carbocycles. The number of rotatable bonds is 4. The van der Waals surface area contributed by atoms with Crippen molar-refractivity contribution in [3.63, 3.8) is 0 Å². The van der Waals surface area contributed by atoms with Gasteiger partial charge >= 0.3 is 5.97 Å². The highest BCUT2D eigenvalue weighted by Crippen LogP contribution is 2.32. The Bertz CT molecular complexity index is 244. The number of halogens is 1. The van der Waals surface area contributed by atoms with Gasteiger partial charge in [0.1, 0.15) is 5.41 Å². The van der Waals surface area contributed by atoms with E-state index in [9.17, 15) is 4.79 Å². The first-order chi connectivity index (χ1) is 6.75. The molecule has 1 aliphatic rings. The molecule has 0 aliphatic heterocycles. The van der Waals surface area contributed by atoms with Gasteiger partial charge in [-0.3, -0.25) is 4.79 Å². The maximum atomic E-state index is 11.7. The molecule has 0 N–H and O–H groups in total. The molecule has 0 atom stereocenters. The second-order valence-corrected chi connectivity index (χ2v) is 4.16. The molecule has 0 aromatic rings. The summed E-state index contributed by atoms with van der Waals surface area (Å²) >= 11 is 3.37. The molecule has 0 saturated heterocycles. The number of ether oxygens (including phenoxy) is 1. The molecular weight excluding hydrogens is 244 g/mol. The van der Waals surface area contributed by atoms with E-state index in [0.717, 1.165) is 24.6 Å². The fourth-order valence-corrected chi connectivity index (χ4v) is 1.93. The quantitative estimate of drug-likeness (QED) is 0.441. The van der Waals surface area contributed by atoms with Crippen LogP contribution in [0.1, 0.15) is 19.3 Å². The Hall–Kier alpha value is -0.570. The number of hydrogen-bond donors (Lipinski definition) is 0. The molecule has 0 aromatic heterocycles. The van der Waals surface area contributed by atoms with Crippen LogP contribution >= 0.6 is 15.9 Å². The van der Waals surface area contributed by atoms with E-state index in [0.29, 0.717) is 0 Å². The van der Waals surface area contributed by atoms with E-state index in [4.69, 9.17) is 4.74 Å². The van der Waals surface area contributed by atoms with Gasteiger partial charge in [-0.1, -0.05) is 40.2 Å². The summed E-state index contributed by atoms with van der Waals surface area (Å²) < 4.78 is 4.83. The minimum Gasteiger partial charge on any atom is -0.468 e. The average molecular weight is 259 g/mol. The fourth-order valence-electron chi connectivity index (χ4n) is 1.64. The minimum atomic E-state index is -0.513. The van der Waals surface area contributed by atoms with Crippen molar-refractivity contribution in [3.8, 4) is 0 Å². The maximum absolute atomic E-state index is 11.7. The zero-order chi connectivity index (χ0) is 10.4. The predicted molar refractivity (Wildman–Crippen MR) is 60.4 cm³/mol. The Kier molecular flexibility index (Phi) is 4.39. The number of carbonyl (C=O) groups is 1. The van der Waals surface area contributed by atoms with Crippen molar-refractivity contribution in [2.75, 3.05) is 12.4 Å². The highest BCUT2D eigenvalue weighted by atomic mass is 79.9. The zero-order valence-corrected chi connectivity index (χ0v) is 9.92. The lowest BCUT2D eigenvalue weighted by molar-refractivity contribution is -0.147. The third-order valence-electron chi connectivity index (χ3n) is 2.39. The molecule has 14 heavy (non-hydrogen) atoms. The van der Waals surface area contributed by atoms with Crippen molar-refractivity contribution < 1.29 is 9.53 Å². The number of alkyl halides is 1. The number of methoxy groups -OCH3 is 1. The van der Waals surface area contributed by atoms with Gasteiger partial charge in [0.2, 0.25) is 0 Å². The van der Waals surface area contributed by atoms with Gasteiger partial charge in [0.25, 0.3) is 0 Å². The predicted octanol–water partition coefficient (Wildman–Crippen LogP) is 2.84. The zero-order valence-electron chi connectivity index (χ0n) is 8.33. The highest BCUT2D eigenvalue weighted by Gasteiger charge is 2.34. The molecule has 0 saturated carbocycles. The largest absolute Gasteiger partial charge is 0.468 e. The van der Waals surface area contributed by atoms with Gasteiger partial charge in [-0.05, 0) is 19.3 Å². The van der Waals surface area contributed by atoms with E-state index in [-0.39, 0.29) is 5.97 Å². The van der Waals surface area contributed by atoms with Crippen LogP contribution in [-0.4, -0.2) is 18.4 Å². The van der Waals surface area contributed by atoms with Crippen molar-refractivity contribution in [2.24, 2.45) is 5.41 Å². The molecule has 0 heterocycles. The highest BCUT2D eigenvalue weighted by molar-refractivity contribution is 9.09. The van der Waals surface area contributed by atoms with Crippen molar-refractivity contribution in [2.45, 2.75) is 19.3 Å². The first kappa shape index (κ1) is 11.5. The topological polar surface area (TPSA) is 26.3 Å². The molecule has 0 spiro atoms. The van der Waals surface area contributed by atoms with Gasteiger partial charge in [0.15, 0.2) is 0 Å². The molecular formula is C11H15BrO2. The number of allylic oxidation sites excluding steroid dienone is 2. The van der Waals surface area contributed by atoms with Crippen LogP contribution in [0.4, 0.5) is 0 Å². The van der Waals surface area contributed by atoms with Crippen LogP contribution in [0.15, 0.2) is 24.3 Å². The van der Waals surface area contributed by atoms with Crippen LogP contribution in [0.5, 0.6) is 0 Å². The fraction of sp³-hybridized carbons (Fsp3) is 0.545. The van der Waals surface area contributed by atoms with Crippen LogP contribution in [0.3, 0.4) is 0 Å². The summed E-state index contributed by atoms with van der Waals surface area (Å²) in [5.41, 5.74) is -0.513. The van der Waals surface area contributed by atoms with Gasteiger partial charge in [0.05, 0.1) is 7.11 Å². The molecule has 1 rings (SSSR count). The maximum Gasteiger partial charge on any atom is 0.319 e. The molecule has 0 unspecified atom stereocenters. The number of carbonyl (C=O) groups excluding carboxylic acids is 1. The second-order valence-electron chi connectivity index (χ2n) is 3.36. The second kappa shape index (κ2) is 5.35. The Labute approximate surface area is 93.1 Å². The summed E-state index contributed by atoms with van der Waals surface area (Å²) in [7, 11) is 1.44. The third-order valence-corrected chi connectivity index (χ3v) is 2.95. The van der Waals surface area contributed by atoms with Gasteiger partial charge in [-0.25, -0.2) is 0 Å². The lowest BCUT2D eigenvalue weighted by atomic mass is 9.80. The van der Waals surface area contributed by atoms with Crippen molar-refractivity contribution >= 4 is 21.9 Å². The standard InChI is InChI=1S/C11H15BrO2/c1-14-10(13)11(8-5-9-12)6-3-2-4-7-11/h3-4,6-7H,2,5,8-9H2,1H3. The van der Waals surface area contributed by atoms with Crippen LogP contribution in [0.25, 0.3) is 0 Å². The monoisotopic (exact) mass is 258 g/mol. The van der Waals surface area contributed by atoms with Crippen LogP contribution < -0.4 is 0 Å². The molecule has 0 fully saturated rings. The Morgan fingerprint density at radius 3 is 2.64 bits per heavy atom. The number of hydrogen-bond acceptors (Lipinski definition) is 2. The first-order valence-corrected chi connectivity index (χ1v) is 5.87. The van der Waals surface area contributed by atoms with E-state index in [2.05, 4.69) is 15.9 Å². The van der Waals surface area contributed by atoms with E-state index < -0.39 is 5.41 Å². The summed E-state index contributed by atoms with van der Waals surface area (Å²) in [5, 5.41) is 0.910. The van der Waals surface area contributed by atoms with Crippen LogP contribution in [-0.2, 0) is 9.53 Å². The molecule has 2 nitrogen and oxygen atoms in total. The lowest BCUT2D eigenvalue weighted by Gasteiger charge is -2.25. The van der Waals surface area contributed by atoms with Gasteiger partial charge < -0.3 is 4.74 Å². The molecule has 0 bridgehead atoms. The average Bonchev–Trinajstić information content (AvgIpc) is 2.26. The molecule has 0 aromatic carbocycles. The Morgan fingerprint density at radius 2 is 2.14 bits per heavy atom. The van der Waals surface area contributed by atoms with E-state index in [1.54, 1.807) is 0 Å². The van der Waals surface area contributed by atoms with Crippen LogP contribution in [0.2, 0.25) is 0 Å². The molecule has 3 heteroatoms. The summed E-state index contributed by atoms with van der Waals surface area (Å²) in [6.45, 7) is 0. The number of esters is 1. The SMILES string of the molecule is COC(=O)C1(CCCBr)C=CCC=C1. The van der Waals surface area contributed by atoms with Crippen molar-refractivity contribution in [3.05, 3.63) is 24.3 Å². The first-order valence-electron chi connectivity index (χ1n) is 4.75. The summed E-state index contributed by atoms with van der Waals surface area (Å²) in [5.74, 6) is -0.161. The lowest BCUT2D eigenvalue weighted by Crippen LogP contribution is -2.29. The summed E-state index contributed by atoms with van der Waals surface area (Å²) in [6, 6.07) is 0. The molecule has 0 amide bonds. The van der Waals surface area contributed by atoms with Gasteiger partial charge in [-0.2, -0.15) is 0 Å². The Balaban J connectivity index is 2.78. The smallest absolute Gasteiger partial charge is 0.319 e. The Morgan fingerprint density at radius 1 is 1.50 bits per heavy atom. The van der Waals surface area contributed by atoms with Crippen molar-refractivity contribution in [1.82, 2.24) is 0 Å². The van der Waals surface area contributed by atoms with Gasteiger partial charge in [-0.15, -0.1) is 0 Å². The van der Waals surface area contributed by atoms with E-state index in [1.165, 1.54) is 7.11 Å². The minimum absolute atomic E-state index is 0.161. The van der Waals surface area contributed by atoms with E-state index in [1.807, 2.05) is 24.3 Å². The third kappa shape index (κ3) is 2.47. The van der Waals surface area contributed by atoms with Crippen LogP contribution in [0, 0.1) is 5.41 Å². The summed E-state index contributed by atoms with van der Waals surface area (Å²) in [4.78, 5) is 11.7. The summed E-state index contributed by atoms with van der Waals surface area (Å²) in [6.07, 6.45) is 10.6.